The van der Waals surface area contributed by atoms with E-state index in [9.17, 15) is 0 Å². The first-order valence-electron chi connectivity index (χ1n) is 9.22. The van der Waals surface area contributed by atoms with E-state index in [0.29, 0.717) is 5.41 Å². The van der Waals surface area contributed by atoms with E-state index < -0.39 is 0 Å². The van der Waals surface area contributed by atoms with Crippen LogP contribution in [0.15, 0.2) is 54.6 Å². The highest BCUT2D eigenvalue weighted by molar-refractivity contribution is 5.35. The van der Waals surface area contributed by atoms with Crippen LogP contribution in [0.25, 0.3) is 0 Å². The van der Waals surface area contributed by atoms with E-state index in [0.717, 1.165) is 18.3 Å². The average molecular weight is 321 g/mol. The number of nitrogens with zero attached hydrogens (tertiary/aromatic N) is 1. The van der Waals surface area contributed by atoms with Crippen molar-refractivity contribution in [2.45, 2.75) is 50.1 Å². The summed E-state index contributed by atoms with van der Waals surface area (Å²) in [5, 5.41) is 0. The predicted octanol–water partition coefficient (Wildman–Crippen LogP) is 4.78. The molecule has 2 fully saturated rings. The Morgan fingerprint density at radius 1 is 1.08 bits per heavy atom. The Bertz CT molecular complexity index is 683. The third kappa shape index (κ3) is 2.95. The molecule has 0 N–H and O–H groups in total. The van der Waals surface area contributed by atoms with Gasteiger partial charge in [-0.15, -0.1) is 0 Å². The third-order valence-electron chi connectivity index (χ3n) is 6.12. The van der Waals surface area contributed by atoms with Gasteiger partial charge in [-0.05, 0) is 60.9 Å². The first kappa shape index (κ1) is 15.7. The predicted molar refractivity (Wildman–Crippen MR) is 98.4 cm³/mol. The minimum absolute atomic E-state index is 0.366. The summed E-state index contributed by atoms with van der Waals surface area (Å²) in [6.07, 6.45) is 6.58. The molecule has 2 nitrogen and oxygen atoms in total. The highest BCUT2D eigenvalue weighted by atomic mass is 16.5. The van der Waals surface area contributed by atoms with Crippen molar-refractivity contribution in [3.05, 3.63) is 65.7 Å². The Morgan fingerprint density at radius 2 is 1.96 bits per heavy atom. The smallest absolute Gasteiger partial charge is 0.119 e. The monoisotopic (exact) mass is 321 g/mol. The standard InChI is InChI=1S/C22H27NO/c1-24-21-11-5-9-19(15-21)22-12-6-10-20(16-22)23(14-13-22)17-18-7-3-2-4-8-18/h2-5,7-9,11,15,20H,6,10,12-14,16-17H2,1H3/t20-,22+/m0/s1. The van der Waals surface area contributed by atoms with E-state index in [-0.39, 0.29) is 0 Å². The number of hydrogen-bond acceptors (Lipinski definition) is 2. The fourth-order valence-electron chi connectivity index (χ4n) is 4.80. The maximum atomic E-state index is 5.47. The van der Waals surface area contributed by atoms with Crippen LogP contribution in [-0.4, -0.2) is 24.6 Å². The SMILES string of the molecule is COc1cccc([C@@]23CCC[C@@H](C2)N(Cc2ccccc2)CC3)c1. The van der Waals surface area contributed by atoms with Gasteiger partial charge in [-0.25, -0.2) is 0 Å². The van der Waals surface area contributed by atoms with Crippen LogP contribution in [-0.2, 0) is 12.0 Å². The highest BCUT2D eigenvalue weighted by Gasteiger charge is 2.43. The topological polar surface area (TPSA) is 12.5 Å². The molecule has 2 atom stereocenters. The summed E-state index contributed by atoms with van der Waals surface area (Å²) in [7, 11) is 1.77. The molecule has 2 bridgehead atoms. The first-order chi connectivity index (χ1) is 11.8. The minimum atomic E-state index is 0.366. The second-order valence-corrected chi connectivity index (χ2v) is 7.47. The van der Waals surface area contributed by atoms with Gasteiger partial charge < -0.3 is 4.74 Å². The number of methoxy groups -OCH3 is 1. The molecule has 0 spiro atoms. The van der Waals surface area contributed by atoms with Gasteiger partial charge in [-0.3, -0.25) is 4.90 Å². The van der Waals surface area contributed by atoms with Crippen molar-refractivity contribution in [2.24, 2.45) is 0 Å². The molecule has 0 amide bonds. The number of piperidine rings is 1. The van der Waals surface area contributed by atoms with Crippen LogP contribution in [0, 0.1) is 0 Å². The molecule has 24 heavy (non-hydrogen) atoms. The average Bonchev–Trinajstić information content (AvgIpc) is 2.65. The molecule has 1 saturated carbocycles. The highest BCUT2D eigenvalue weighted by Crippen LogP contribution is 2.47. The lowest BCUT2D eigenvalue weighted by molar-refractivity contribution is 0.0458. The number of hydrogen-bond donors (Lipinski definition) is 0. The molecule has 1 aliphatic carbocycles. The van der Waals surface area contributed by atoms with Crippen molar-refractivity contribution >= 4 is 0 Å². The first-order valence-corrected chi connectivity index (χ1v) is 9.22. The van der Waals surface area contributed by atoms with E-state index in [1.165, 1.54) is 49.8 Å². The lowest BCUT2D eigenvalue weighted by atomic mass is 9.63. The van der Waals surface area contributed by atoms with Crippen LogP contribution >= 0.6 is 0 Å². The largest absolute Gasteiger partial charge is 0.497 e. The van der Waals surface area contributed by atoms with Crippen LogP contribution < -0.4 is 4.74 Å². The molecule has 2 aromatic rings. The molecule has 1 heterocycles. The maximum Gasteiger partial charge on any atom is 0.119 e. The van der Waals surface area contributed by atoms with E-state index in [1.807, 2.05) is 0 Å². The minimum Gasteiger partial charge on any atom is -0.497 e. The van der Waals surface area contributed by atoms with Crippen molar-refractivity contribution in [1.82, 2.24) is 4.90 Å². The lowest BCUT2D eigenvalue weighted by Crippen LogP contribution is -2.51. The Kier molecular flexibility index (Phi) is 4.32. The number of likely N-dealkylation sites (tertiary alicyclic amines) is 1. The van der Waals surface area contributed by atoms with Gasteiger partial charge in [0.2, 0.25) is 0 Å². The second-order valence-electron chi connectivity index (χ2n) is 7.47. The molecule has 0 radical (unpaired) electrons. The summed E-state index contributed by atoms with van der Waals surface area (Å²) >= 11 is 0. The molecule has 0 unspecified atom stereocenters. The van der Waals surface area contributed by atoms with Gasteiger partial charge in [0, 0.05) is 12.6 Å². The summed E-state index contributed by atoms with van der Waals surface area (Å²) in [6.45, 7) is 2.30. The van der Waals surface area contributed by atoms with Gasteiger partial charge in [0.1, 0.15) is 5.75 Å². The fraction of sp³-hybridized carbons (Fsp3) is 0.455. The van der Waals surface area contributed by atoms with E-state index in [4.69, 9.17) is 4.74 Å². The van der Waals surface area contributed by atoms with Gasteiger partial charge in [0.25, 0.3) is 0 Å². The second kappa shape index (κ2) is 6.60. The molecular weight excluding hydrogens is 294 g/mol. The normalized spacial score (nSPS) is 27.0. The summed E-state index contributed by atoms with van der Waals surface area (Å²) in [5.41, 5.74) is 3.30. The van der Waals surface area contributed by atoms with Crippen LogP contribution in [0.2, 0.25) is 0 Å². The molecule has 4 rings (SSSR count). The third-order valence-corrected chi connectivity index (χ3v) is 6.12. The Labute approximate surface area is 145 Å². The molecule has 1 saturated heterocycles. The van der Waals surface area contributed by atoms with Crippen LogP contribution in [0.1, 0.15) is 43.2 Å². The molecule has 2 aliphatic rings. The Morgan fingerprint density at radius 3 is 2.79 bits per heavy atom. The number of benzene rings is 2. The van der Waals surface area contributed by atoms with Crippen LogP contribution in [0.3, 0.4) is 0 Å². The van der Waals surface area contributed by atoms with Gasteiger partial charge in [-0.1, -0.05) is 48.9 Å². The van der Waals surface area contributed by atoms with Crippen LogP contribution in [0.5, 0.6) is 5.75 Å². The van der Waals surface area contributed by atoms with Gasteiger partial charge in [0.15, 0.2) is 0 Å². The summed E-state index contributed by atoms with van der Waals surface area (Å²) < 4.78 is 5.47. The zero-order chi connectivity index (χ0) is 16.4. The summed E-state index contributed by atoms with van der Waals surface area (Å²) in [5.74, 6) is 0.996. The quantitative estimate of drug-likeness (QED) is 0.803. The molecular formula is C22H27NO. The summed E-state index contributed by atoms with van der Waals surface area (Å²) in [6, 6.07) is 20.5. The van der Waals surface area contributed by atoms with E-state index in [2.05, 4.69) is 59.5 Å². The molecule has 2 aromatic carbocycles. The van der Waals surface area contributed by atoms with Crippen molar-refractivity contribution in [1.29, 1.82) is 0 Å². The summed E-state index contributed by atoms with van der Waals surface area (Å²) in [4.78, 5) is 2.72. The maximum absolute atomic E-state index is 5.47. The Hall–Kier alpha value is -1.80. The van der Waals surface area contributed by atoms with Gasteiger partial charge in [-0.2, -0.15) is 0 Å². The zero-order valence-electron chi connectivity index (χ0n) is 14.6. The molecule has 126 valence electrons. The fourth-order valence-corrected chi connectivity index (χ4v) is 4.80. The molecule has 1 aliphatic heterocycles. The van der Waals surface area contributed by atoms with E-state index in [1.54, 1.807) is 7.11 Å². The van der Waals surface area contributed by atoms with E-state index >= 15 is 0 Å². The van der Waals surface area contributed by atoms with Gasteiger partial charge in [0.05, 0.1) is 7.11 Å². The number of fused-ring (bicyclic) bond motifs is 2. The van der Waals surface area contributed by atoms with Gasteiger partial charge >= 0.3 is 0 Å². The molecule has 0 aromatic heterocycles. The van der Waals surface area contributed by atoms with Crippen molar-refractivity contribution in [2.75, 3.05) is 13.7 Å². The van der Waals surface area contributed by atoms with Crippen molar-refractivity contribution in [3.8, 4) is 5.75 Å². The Balaban J connectivity index is 1.54. The number of rotatable bonds is 4. The zero-order valence-corrected chi connectivity index (χ0v) is 14.6. The van der Waals surface area contributed by atoms with Crippen LogP contribution in [0.4, 0.5) is 0 Å². The number of ether oxygens (including phenoxy) is 1. The van der Waals surface area contributed by atoms with Crippen molar-refractivity contribution in [3.63, 3.8) is 0 Å². The lowest BCUT2D eigenvalue weighted by Gasteiger charge is -2.51. The van der Waals surface area contributed by atoms with Crippen molar-refractivity contribution < 1.29 is 4.74 Å². The molecule has 2 heteroatoms.